The molecule has 1 heterocycles. The number of nitrogens with one attached hydrogen (secondary N) is 1. The zero-order valence-corrected chi connectivity index (χ0v) is 14.8. The summed E-state index contributed by atoms with van der Waals surface area (Å²) < 4.78 is 26.6. The normalized spacial score (nSPS) is 15.4. The largest absolute Gasteiger partial charge is 0.339 e. The molecule has 1 aliphatic heterocycles. The van der Waals surface area contributed by atoms with E-state index >= 15 is 0 Å². The number of carbonyl (C=O) groups is 2. The van der Waals surface area contributed by atoms with Crippen molar-refractivity contribution in [3.63, 3.8) is 0 Å². The van der Waals surface area contributed by atoms with Crippen LogP contribution in [0.1, 0.15) is 30.6 Å². The summed E-state index contributed by atoms with van der Waals surface area (Å²) in [6, 6.07) is 5.94. The summed E-state index contributed by atoms with van der Waals surface area (Å²) in [6.07, 6.45) is 0.710. The third-order valence-corrected chi connectivity index (χ3v) is 5.44. The first kappa shape index (κ1) is 18.4. The minimum atomic E-state index is -3.53. The molecule has 0 aromatic heterocycles. The minimum Gasteiger partial charge on any atom is -0.339 e. The van der Waals surface area contributed by atoms with Crippen LogP contribution in [0.3, 0.4) is 0 Å². The number of hydrogen-bond donors (Lipinski definition) is 1. The van der Waals surface area contributed by atoms with Gasteiger partial charge in [-0.15, -0.1) is 0 Å². The highest BCUT2D eigenvalue weighted by atomic mass is 32.2. The molecule has 2 amide bonds. The number of nitrogens with zero attached hydrogens (tertiary/aromatic N) is 2. The fraction of sp³-hybridized carbons (Fsp3) is 0.500. The molecule has 1 N–H and O–H groups in total. The van der Waals surface area contributed by atoms with Crippen molar-refractivity contribution in [2.24, 2.45) is 0 Å². The molecular formula is C16H23N3O4S. The van der Waals surface area contributed by atoms with Crippen molar-refractivity contribution in [1.82, 2.24) is 14.5 Å². The van der Waals surface area contributed by atoms with Gasteiger partial charge in [0.05, 0.1) is 4.90 Å². The van der Waals surface area contributed by atoms with Crippen LogP contribution in [0.15, 0.2) is 29.2 Å². The Morgan fingerprint density at radius 3 is 2.08 bits per heavy atom. The van der Waals surface area contributed by atoms with E-state index in [9.17, 15) is 18.0 Å². The number of sulfonamides is 1. The lowest BCUT2D eigenvalue weighted by molar-refractivity contribution is -0.130. The van der Waals surface area contributed by atoms with Crippen molar-refractivity contribution < 1.29 is 18.0 Å². The molecule has 0 bridgehead atoms. The maximum Gasteiger partial charge on any atom is 0.253 e. The molecule has 8 heteroatoms. The second-order valence-electron chi connectivity index (χ2n) is 5.72. The van der Waals surface area contributed by atoms with E-state index < -0.39 is 10.0 Å². The lowest BCUT2D eigenvalue weighted by atomic mass is 10.2. The van der Waals surface area contributed by atoms with Crippen molar-refractivity contribution >= 4 is 21.8 Å². The average molecular weight is 353 g/mol. The van der Waals surface area contributed by atoms with Gasteiger partial charge in [0, 0.05) is 45.2 Å². The highest BCUT2D eigenvalue weighted by molar-refractivity contribution is 7.89. The SMILES string of the molecule is CCCNS(=O)(=O)c1ccc(C(=O)N2CCN(C(C)=O)CC2)cc1. The molecule has 24 heavy (non-hydrogen) atoms. The second-order valence-corrected chi connectivity index (χ2v) is 7.49. The number of piperazine rings is 1. The van der Waals surface area contributed by atoms with Crippen LogP contribution in [0.2, 0.25) is 0 Å². The van der Waals surface area contributed by atoms with Crippen LogP contribution in [-0.2, 0) is 14.8 Å². The van der Waals surface area contributed by atoms with Gasteiger partial charge in [-0.3, -0.25) is 9.59 Å². The number of hydrogen-bond acceptors (Lipinski definition) is 4. The van der Waals surface area contributed by atoms with Gasteiger partial charge in [0.25, 0.3) is 5.91 Å². The van der Waals surface area contributed by atoms with Crippen molar-refractivity contribution in [3.05, 3.63) is 29.8 Å². The predicted octanol–water partition coefficient (Wildman–Crippen LogP) is 0.679. The lowest BCUT2D eigenvalue weighted by Crippen LogP contribution is -2.50. The first-order chi connectivity index (χ1) is 11.3. The number of benzene rings is 1. The number of carbonyl (C=O) groups excluding carboxylic acids is 2. The smallest absolute Gasteiger partial charge is 0.253 e. The van der Waals surface area contributed by atoms with Gasteiger partial charge in [-0.2, -0.15) is 0 Å². The number of amides is 2. The third kappa shape index (κ3) is 4.33. The molecule has 0 radical (unpaired) electrons. The molecule has 7 nitrogen and oxygen atoms in total. The van der Waals surface area contributed by atoms with Crippen molar-refractivity contribution in [2.75, 3.05) is 32.7 Å². The molecule has 0 aliphatic carbocycles. The standard InChI is InChI=1S/C16H23N3O4S/c1-3-8-17-24(22,23)15-6-4-14(5-7-15)16(21)19-11-9-18(10-12-19)13(2)20/h4-7,17H,3,8-12H2,1-2H3. The van der Waals surface area contributed by atoms with E-state index in [4.69, 9.17) is 0 Å². The molecule has 0 spiro atoms. The molecule has 1 saturated heterocycles. The summed E-state index contributed by atoms with van der Waals surface area (Å²) in [7, 11) is -3.53. The molecule has 132 valence electrons. The van der Waals surface area contributed by atoms with Crippen LogP contribution >= 0.6 is 0 Å². The lowest BCUT2D eigenvalue weighted by Gasteiger charge is -2.34. The van der Waals surface area contributed by atoms with E-state index in [2.05, 4.69) is 4.72 Å². The maximum absolute atomic E-state index is 12.5. The minimum absolute atomic E-state index is 0.0104. The topological polar surface area (TPSA) is 86.8 Å². The molecule has 2 rings (SSSR count). The monoisotopic (exact) mass is 353 g/mol. The Morgan fingerprint density at radius 1 is 1.04 bits per heavy atom. The Bertz CT molecular complexity index is 693. The molecule has 1 aromatic carbocycles. The molecule has 0 unspecified atom stereocenters. The van der Waals surface area contributed by atoms with E-state index in [1.807, 2.05) is 6.92 Å². The molecule has 0 saturated carbocycles. The molecule has 1 fully saturated rings. The van der Waals surface area contributed by atoms with Crippen LogP contribution in [0.4, 0.5) is 0 Å². The van der Waals surface area contributed by atoms with Gasteiger partial charge < -0.3 is 9.80 Å². The molecule has 1 aliphatic rings. The predicted molar refractivity (Wildman–Crippen MR) is 90.1 cm³/mol. The van der Waals surface area contributed by atoms with E-state index in [1.54, 1.807) is 9.80 Å². The quantitative estimate of drug-likeness (QED) is 0.843. The van der Waals surface area contributed by atoms with Crippen LogP contribution in [0.25, 0.3) is 0 Å². The fourth-order valence-electron chi connectivity index (χ4n) is 2.50. The van der Waals surface area contributed by atoms with Crippen LogP contribution in [0.5, 0.6) is 0 Å². The van der Waals surface area contributed by atoms with Crippen LogP contribution < -0.4 is 4.72 Å². The van der Waals surface area contributed by atoms with Gasteiger partial charge in [-0.1, -0.05) is 6.92 Å². The highest BCUT2D eigenvalue weighted by Crippen LogP contribution is 2.13. The highest BCUT2D eigenvalue weighted by Gasteiger charge is 2.23. The Hall–Kier alpha value is -1.93. The van der Waals surface area contributed by atoms with Gasteiger partial charge in [-0.25, -0.2) is 13.1 Å². The van der Waals surface area contributed by atoms with Gasteiger partial charge in [-0.05, 0) is 30.7 Å². The fourth-order valence-corrected chi connectivity index (χ4v) is 3.64. The van der Waals surface area contributed by atoms with Crippen LogP contribution in [0, 0.1) is 0 Å². The van der Waals surface area contributed by atoms with Crippen molar-refractivity contribution in [1.29, 1.82) is 0 Å². The van der Waals surface area contributed by atoms with Gasteiger partial charge in [0.15, 0.2) is 0 Å². The first-order valence-corrected chi connectivity index (χ1v) is 9.48. The van der Waals surface area contributed by atoms with E-state index in [-0.39, 0.29) is 16.7 Å². The Balaban J connectivity index is 2.03. The maximum atomic E-state index is 12.5. The summed E-state index contributed by atoms with van der Waals surface area (Å²) in [5, 5.41) is 0. The second kappa shape index (κ2) is 7.76. The summed E-state index contributed by atoms with van der Waals surface area (Å²) >= 11 is 0. The zero-order chi connectivity index (χ0) is 17.7. The molecule has 1 aromatic rings. The summed E-state index contributed by atoms with van der Waals surface area (Å²) in [5.74, 6) is -0.139. The Morgan fingerprint density at radius 2 is 1.58 bits per heavy atom. The summed E-state index contributed by atoms with van der Waals surface area (Å²) in [6.45, 7) is 5.79. The summed E-state index contributed by atoms with van der Waals surface area (Å²) in [4.78, 5) is 27.3. The van der Waals surface area contributed by atoms with Crippen molar-refractivity contribution in [3.8, 4) is 0 Å². The Labute approximate surface area is 142 Å². The van der Waals surface area contributed by atoms with Gasteiger partial charge >= 0.3 is 0 Å². The first-order valence-electron chi connectivity index (χ1n) is 7.99. The van der Waals surface area contributed by atoms with Gasteiger partial charge in [0.1, 0.15) is 0 Å². The number of rotatable bonds is 5. The third-order valence-electron chi connectivity index (χ3n) is 3.97. The average Bonchev–Trinajstić information content (AvgIpc) is 2.59. The van der Waals surface area contributed by atoms with Crippen molar-refractivity contribution in [2.45, 2.75) is 25.2 Å². The molecule has 0 atom stereocenters. The van der Waals surface area contributed by atoms with E-state index in [1.165, 1.54) is 31.2 Å². The van der Waals surface area contributed by atoms with Gasteiger partial charge in [0.2, 0.25) is 15.9 Å². The van der Waals surface area contributed by atoms with E-state index in [0.29, 0.717) is 44.7 Å². The zero-order valence-electron chi connectivity index (χ0n) is 14.0. The Kier molecular flexibility index (Phi) is 5.95. The molecular weight excluding hydrogens is 330 g/mol. The summed E-state index contributed by atoms with van der Waals surface area (Å²) in [5.41, 5.74) is 0.445. The van der Waals surface area contributed by atoms with E-state index in [0.717, 1.165) is 0 Å². The van der Waals surface area contributed by atoms with Crippen LogP contribution in [-0.4, -0.2) is 62.8 Å².